The van der Waals surface area contributed by atoms with Crippen molar-refractivity contribution in [1.82, 2.24) is 29.1 Å². The summed E-state index contributed by atoms with van der Waals surface area (Å²) in [5.41, 5.74) is -1.14. The Morgan fingerprint density at radius 3 is 2.69 bits per heavy atom. The number of fused-ring (bicyclic) bond motifs is 1. The Bertz CT molecular complexity index is 1770. The predicted octanol–water partition coefficient (Wildman–Crippen LogP) is 1.09. The molecule has 48 heavy (non-hydrogen) atoms. The van der Waals surface area contributed by atoms with Gasteiger partial charge in [-0.2, -0.15) is 0 Å². The average Bonchev–Trinajstić information content (AvgIpc) is 3.74. The summed E-state index contributed by atoms with van der Waals surface area (Å²) >= 11 is 0.452. The van der Waals surface area contributed by atoms with Gasteiger partial charge in [0.15, 0.2) is 23.3 Å². The minimum atomic E-state index is -4.42. The Kier molecular flexibility index (Phi) is 11.4. The van der Waals surface area contributed by atoms with Crippen molar-refractivity contribution in [3.8, 4) is 0 Å². The molecule has 2 aliphatic rings. The minimum Gasteiger partial charge on any atom is -0.432 e. The molecule has 0 radical (unpaired) electrons. The summed E-state index contributed by atoms with van der Waals surface area (Å²) in [7, 11) is 1.26. The third kappa shape index (κ3) is 7.82. The van der Waals surface area contributed by atoms with E-state index in [1.54, 1.807) is 13.8 Å². The summed E-state index contributed by atoms with van der Waals surface area (Å²) in [5, 5.41) is 23.7. The highest BCUT2D eigenvalue weighted by Gasteiger charge is 2.51. The average molecular weight is 718 g/mol. The number of nitrogens with one attached hydrogen (secondary N) is 1. The molecular formula is C25H32N7O14PS. The monoisotopic (exact) mass is 717 g/mol. The van der Waals surface area contributed by atoms with Crippen molar-refractivity contribution in [2.45, 2.75) is 69.3 Å². The molecule has 3 aromatic rings. The maximum Gasteiger partial charge on any atom is 0.509 e. The Balaban J connectivity index is 1.34. The molecule has 2 aliphatic heterocycles. The molecular weight excluding hydrogens is 685 g/mol. The van der Waals surface area contributed by atoms with Gasteiger partial charge in [0.1, 0.15) is 37.0 Å². The molecule has 5 heterocycles. The normalized spacial score (nSPS) is 26.9. The van der Waals surface area contributed by atoms with Crippen LogP contribution >= 0.6 is 18.2 Å². The number of hydrogen-bond donors (Lipinski definition) is 3. The van der Waals surface area contributed by atoms with Crippen LogP contribution in [0, 0.1) is 4.91 Å². The third-order valence-corrected chi connectivity index (χ3v) is 10.5. The van der Waals surface area contributed by atoms with Crippen LogP contribution in [0.25, 0.3) is 11.2 Å². The van der Waals surface area contributed by atoms with Gasteiger partial charge in [0.2, 0.25) is 5.82 Å². The Hall–Kier alpha value is -3.60. The number of carbonyl (C=O) groups excluding carboxylic acids is 1. The van der Waals surface area contributed by atoms with E-state index in [0.29, 0.717) is 11.4 Å². The standard InChI is InChI=1S/C25H32N7O14PS/c1-12(2)43-25(37)41-11-48-47(39,46-19-14(7-33)45-23(20(19)40-3)31-5-4-16(35)29-24(31)36)42-8-15-13(34)6-17(44-15)32-10-28-18-21(30-38)26-9-27-22(18)32/h4-5,9-10,12-15,17,19-20,23,33-34H,6-8,11H2,1-3H3,(H,29,35,36)/t13?,14-,15-,17-,19?,20?,23-,47?/m1/s1. The number of imidazole rings is 1. The highest BCUT2D eigenvalue weighted by atomic mass is 32.7. The number of carbonyl (C=O) groups is 1. The summed E-state index contributed by atoms with van der Waals surface area (Å²) in [6, 6.07) is 1.08. The number of aliphatic hydroxyl groups is 2. The first-order valence-corrected chi connectivity index (χ1v) is 17.5. The molecule has 0 amide bonds. The summed E-state index contributed by atoms with van der Waals surface area (Å²) in [4.78, 5) is 61.3. The summed E-state index contributed by atoms with van der Waals surface area (Å²) in [6.45, 7) is -2.38. The fourth-order valence-electron chi connectivity index (χ4n) is 5.02. The molecule has 23 heteroatoms. The van der Waals surface area contributed by atoms with Crippen LogP contribution in [0.1, 0.15) is 32.7 Å². The number of rotatable bonds is 14. The Labute approximate surface area is 274 Å². The number of ether oxygens (including phenoxy) is 5. The smallest absolute Gasteiger partial charge is 0.432 e. The molecule has 3 N–H and O–H groups in total. The van der Waals surface area contributed by atoms with Crippen LogP contribution in [0.4, 0.5) is 10.6 Å². The van der Waals surface area contributed by atoms with Crippen molar-refractivity contribution in [3.05, 3.63) is 50.7 Å². The van der Waals surface area contributed by atoms with Crippen molar-refractivity contribution >= 4 is 41.3 Å². The van der Waals surface area contributed by atoms with E-state index in [1.165, 1.54) is 18.0 Å². The van der Waals surface area contributed by atoms with E-state index in [4.69, 9.17) is 32.7 Å². The fourth-order valence-corrected chi connectivity index (χ4v) is 7.81. The lowest BCUT2D eigenvalue weighted by Crippen LogP contribution is -2.39. The first kappa shape index (κ1) is 35.7. The molecule has 21 nitrogen and oxygen atoms in total. The lowest BCUT2D eigenvalue weighted by atomic mass is 10.1. The van der Waals surface area contributed by atoms with Gasteiger partial charge in [-0.05, 0) is 19.0 Å². The van der Waals surface area contributed by atoms with E-state index >= 15 is 0 Å². The van der Waals surface area contributed by atoms with E-state index in [-0.39, 0.29) is 23.4 Å². The highest BCUT2D eigenvalue weighted by molar-refractivity contribution is 8.55. The van der Waals surface area contributed by atoms with Gasteiger partial charge in [0.05, 0.1) is 31.7 Å². The number of aliphatic hydroxyl groups excluding tert-OH is 2. The van der Waals surface area contributed by atoms with Crippen molar-refractivity contribution in [1.29, 1.82) is 0 Å². The lowest BCUT2D eigenvalue weighted by Gasteiger charge is -2.28. The van der Waals surface area contributed by atoms with Gasteiger partial charge >= 0.3 is 18.6 Å². The number of H-pyrrole nitrogens is 1. The van der Waals surface area contributed by atoms with Gasteiger partial charge in [-0.25, -0.2) is 29.1 Å². The van der Waals surface area contributed by atoms with E-state index in [2.05, 4.69) is 25.1 Å². The molecule has 4 unspecified atom stereocenters. The zero-order valence-electron chi connectivity index (χ0n) is 25.6. The molecule has 0 aliphatic carbocycles. The Morgan fingerprint density at radius 2 is 2.00 bits per heavy atom. The van der Waals surface area contributed by atoms with Crippen LogP contribution in [0.3, 0.4) is 0 Å². The fraction of sp³-hybridized carbons (Fsp3) is 0.600. The second-order valence-electron chi connectivity index (χ2n) is 10.6. The molecule has 2 saturated heterocycles. The molecule has 3 aromatic heterocycles. The van der Waals surface area contributed by atoms with Crippen LogP contribution in [0.15, 0.2) is 39.7 Å². The SMILES string of the molecule is COC1C(OP(=O)(OC[C@H]2O[C@@H](n3cnc4c(N=O)ncnc43)CC2O)SCOC(=O)OC(C)C)[C@@H](CO)O[C@H]1n1ccc(=O)[nH]c1=O. The summed E-state index contributed by atoms with van der Waals surface area (Å²) < 4.78 is 55.6. The van der Waals surface area contributed by atoms with Gasteiger partial charge in [0, 0.05) is 37.2 Å². The van der Waals surface area contributed by atoms with Crippen molar-refractivity contribution in [2.24, 2.45) is 5.18 Å². The number of nitrogens with zero attached hydrogens (tertiary/aromatic N) is 6. The number of nitroso groups, excluding NO2 is 1. The molecule has 0 spiro atoms. The van der Waals surface area contributed by atoms with Gasteiger partial charge in [-0.1, -0.05) is 0 Å². The second kappa shape index (κ2) is 15.3. The first-order chi connectivity index (χ1) is 23.0. The summed E-state index contributed by atoms with van der Waals surface area (Å²) in [5.74, 6) is -0.739. The van der Waals surface area contributed by atoms with Crippen molar-refractivity contribution in [2.75, 3.05) is 26.3 Å². The predicted molar refractivity (Wildman–Crippen MR) is 162 cm³/mol. The molecule has 0 saturated carbocycles. The molecule has 0 bridgehead atoms. The van der Waals surface area contributed by atoms with Crippen LogP contribution in [0.5, 0.6) is 0 Å². The number of aromatic amines is 1. The molecule has 0 aromatic carbocycles. The number of methoxy groups -OCH3 is 1. The lowest BCUT2D eigenvalue weighted by molar-refractivity contribution is -0.0625. The van der Waals surface area contributed by atoms with Crippen molar-refractivity contribution < 1.29 is 52.3 Å². The van der Waals surface area contributed by atoms with E-state index < -0.39 is 92.4 Å². The molecule has 5 rings (SSSR count). The zero-order chi connectivity index (χ0) is 34.6. The highest BCUT2D eigenvalue weighted by Crippen LogP contribution is 2.63. The Morgan fingerprint density at radius 1 is 1.21 bits per heavy atom. The quantitative estimate of drug-likeness (QED) is 0.0911. The largest absolute Gasteiger partial charge is 0.509 e. The van der Waals surface area contributed by atoms with Gasteiger partial charge in [0.25, 0.3) is 5.56 Å². The van der Waals surface area contributed by atoms with Crippen LogP contribution < -0.4 is 11.2 Å². The van der Waals surface area contributed by atoms with Gasteiger partial charge in [-0.15, -0.1) is 4.91 Å². The van der Waals surface area contributed by atoms with Crippen LogP contribution in [-0.4, -0.2) is 108 Å². The first-order valence-electron chi connectivity index (χ1n) is 14.3. The van der Waals surface area contributed by atoms with Crippen LogP contribution in [-0.2, 0) is 37.3 Å². The third-order valence-electron chi connectivity index (χ3n) is 7.17. The van der Waals surface area contributed by atoms with E-state index in [9.17, 15) is 34.1 Å². The maximum atomic E-state index is 14.2. The number of aromatic nitrogens is 6. The van der Waals surface area contributed by atoms with Gasteiger partial charge < -0.3 is 33.9 Å². The molecule has 262 valence electrons. The molecule has 8 atom stereocenters. The van der Waals surface area contributed by atoms with E-state index in [0.717, 1.165) is 23.2 Å². The van der Waals surface area contributed by atoms with Gasteiger partial charge in [-0.3, -0.25) is 28.0 Å². The maximum absolute atomic E-state index is 14.2. The zero-order valence-corrected chi connectivity index (χ0v) is 27.3. The topological polar surface area (TPSA) is 267 Å². The number of hydrogen-bond acceptors (Lipinski definition) is 19. The minimum absolute atomic E-state index is 0.0280. The van der Waals surface area contributed by atoms with E-state index in [1.807, 2.05) is 0 Å². The van der Waals surface area contributed by atoms with Crippen LogP contribution in [0.2, 0.25) is 0 Å². The van der Waals surface area contributed by atoms with Crippen molar-refractivity contribution in [3.63, 3.8) is 0 Å². The second-order valence-corrected chi connectivity index (χ2v) is 14.6. The summed E-state index contributed by atoms with van der Waals surface area (Å²) in [6.07, 6.45) is -5.85. The molecule has 2 fully saturated rings.